The van der Waals surface area contributed by atoms with E-state index in [0.717, 1.165) is 0 Å². The van der Waals surface area contributed by atoms with E-state index in [1.165, 1.54) is 0 Å². The lowest BCUT2D eigenvalue weighted by Crippen LogP contribution is -1.69. The van der Waals surface area contributed by atoms with Gasteiger partial charge in [0.15, 0.2) is 0 Å². The topological polar surface area (TPSA) is 0 Å². The average Bonchev–Trinajstić information content (AvgIpc) is 0.811. The zero-order valence-electron chi connectivity index (χ0n) is 3.15. The van der Waals surface area contributed by atoms with Crippen LogP contribution in [0.2, 0.25) is 0 Å². The summed E-state index contributed by atoms with van der Waals surface area (Å²) in [5, 5.41) is 0. The molecule has 0 bridgehead atoms. The summed E-state index contributed by atoms with van der Waals surface area (Å²) in [4.78, 5) is 0. The van der Waals surface area contributed by atoms with Gasteiger partial charge in [0.05, 0.1) is 12.5 Å². The Morgan fingerprint density at radius 2 is 1.50 bits per heavy atom. The van der Waals surface area contributed by atoms with Crippen molar-refractivity contribution >= 4 is 16.4 Å². The second-order valence-electron chi connectivity index (χ2n) is 1.08. The Balaban J connectivity index is 2.80. The van der Waals surface area contributed by atoms with Crippen LogP contribution in [0.1, 0.15) is 0 Å². The third-order valence-corrected chi connectivity index (χ3v) is 0. The maximum absolute atomic E-state index is 3.70. The molecule has 0 atom stereocenters. The highest BCUT2D eigenvalue weighted by atomic mass is 32.2. The fraction of sp³-hybridized carbons (Fsp3) is 0.667. The first-order valence-electron chi connectivity index (χ1n) is 1.21. The van der Waals surface area contributed by atoms with Gasteiger partial charge in [-0.1, -0.05) is 0 Å². The zero-order valence-corrected chi connectivity index (χ0v) is 4.05. The predicted octanol–water partition coefficient (Wildman–Crippen LogP) is 0.0286. The SMILES string of the molecule is C=[SH+](C)C. The number of hydrogen-bond donors (Lipinski definition) is 0. The fourth-order valence-electron chi connectivity index (χ4n) is 0. The molecule has 0 aliphatic heterocycles. The summed E-state index contributed by atoms with van der Waals surface area (Å²) in [6.45, 7) is 0. The van der Waals surface area contributed by atoms with Crippen LogP contribution in [-0.2, 0) is 10.5 Å². The molecule has 0 saturated carbocycles. The molecule has 0 aliphatic carbocycles. The van der Waals surface area contributed by atoms with E-state index in [1.54, 1.807) is 0 Å². The molecule has 4 heavy (non-hydrogen) atoms. The van der Waals surface area contributed by atoms with Gasteiger partial charge in [0.25, 0.3) is 0 Å². The van der Waals surface area contributed by atoms with E-state index in [2.05, 4.69) is 18.4 Å². The van der Waals surface area contributed by atoms with Crippen LogP contribution in [0.3, 0.4) is 0 Å². The van der Waals surface area contributed by atoms with Crippen molar-refractivity contribution in [2.45, 2.75) is 0 Å². The van der Waals surface area contributed by atoms with Crippen molar-refractivity contribution in [2.24, 2.45) is 0 Å². The van der Waals surface area contributed by atoms with Crippen LogP contribution in [0.25, 0.3) is 0 Å². The van der Waals surface area contributed by atoms with Crippen LogP contribution < -0.4 is 0 Å². The summed E-state index contributed by atoms with van der Waals surface area (Å²) in [5.74, 6) is 3.70. The monoisotopic (exact) mass is 77.0 g/mol. The predicted molar refractivity (Wildman–Crippen MR) is 27.7 cm³/mol. The third-order valence-electron chi connectivity index (χ3n) is 0. The van der Waals surface area contributed by atoms with Gasteiger partial charge in [0.2, 0.25) is 0 Å². The molecule has 0 amide bonds. The van der Waals surface area contributed by atoms with Crippen LogP contribution in [-0.4, -0.2) is 18.4 Å². The third kappa shape index (κ3) is 68.3. The molecule has 0 nitrogen and oxygen atoms in total. The maximum Gasteiger partial charge on any atom is 0.0616 e. The van der Waals surface area contributed by atoms with Gasteiger partial charge in [0, 0.05) is 5.87 Å². The van der Waals surface area contributed by atoms with Crippen molar-refractivity contribution in [2.75, 3.05) is 12.5 Å². The minimum absolute atomic E-state index is 0.130. The van der Waals surface area contributed by atoms with Crippen molar-refractivity contribution in [3.05, 3.63) is 0 Å². The van der Waals surface area contributed by atoms with Crippen molar-refractivity contribution in [1.82, 2.24) is 0 Å². The lowest BCUT2D eigenvalue weighted by atomic mass is 11.9. The molecule has 0 saturated heterocycles. The zero-order chi connectivity index (χ0) is 3.58. The minimum Gasteiger partial charge on any atom is -0.150 e. The largest absolute Gasteiger partial charge is 0.150 e. The highest BCUT2D eigenvalue weighted by molar-refractivity contribution is 7.92. The Hall–Kier alpha value is 0.220. The smallest absolute Gasteiger partial charge is 0.0616 e. The van der Waals surface area contributed by atoms with E-state index in [-0.39, 0.29) is 10.5 Å². The number of rotatable bonds is 0. The van der Waals surface area contributed by atoms with E-state index in [1.807, 2.05) is 0 Å². The molecule has 0 aromatic heterocycles. The molecule has 0 radical (unpaired) electrons. The summed E-state index contributed by atoms with van der Waals surface area (Å²) >= 11 is 0. The molecule has 0 aliphatic rings. The Morgan fingerprint density at radius 3 is 1.50 bits per heavy atom. The van der Waals surface area contributed by atoms with Gasteiger partial charge in [-0.15, -0.1) is 0 Å². The summed E-state index contributed by atoms with van der Waals surface area (Å²) < 4.78 is 0. The highest BCUT2D eigenvalue weighted by Gasteiger charge is 1.54. The van der Waals surface area contributed by atoms with Gasteiger partial charge >= 0.3 is 0 Å². The highest BCUT2D eigenvalue weighted by Crippen LogP contribution is 1.48. The average molecular weight is 77.2 g/mol. The van der Waals surface area contributed by atoms with Crippen LogP contribution in [0, 0.1) is 0 Å². The summed E-state index contributed by atoms with van der Waals surface area (Å²) in [5.41, 5.74) is 0. The van der Waals surface area contributed by atoms with Gasteiger partial charge in [-0.3, -0.25) is 0 Å². The van der Waals surface area contributed by atoms with Crippen LogP contribution >= 0.6 is 0 Å². The Labute approximate surface area is 29.8 Å². The van der Waals surface area contributed by atoms with E-state index in [9.17, 15) is 0 Å². The van der Waals surface area contributed by atoms with E-state index >= 15 is 0 Å². The Bertz CT molecular complexity index is 26.3. The standard InChI is InChI=1S/C3H8S/c1-4(2)3/h1H2,2-3H3/p+1. The minimum atomic E-state index is 0.130. The molecule has 1 heteroatoms. The van der Waals surface area contributed by atoms with Crippen LogP contribution in [0.15, 0.2) is 0 Å². The van der Waals surface area contributed by atoms with Crippen molar-refractivity contribution in [3.63, 3.8) is 0 Å². The molecule has 0 aromatic rings. The molecule has 0 heterocycles. The van der Waals surface area contributed by atoms with Gasteiger partial charge < -0.3 is 0 Å². The molecule has 0 aromatic carbocycles. The molecule has 0 rings (SSSR count). The van der Waals surface area contributed by atoms with Crippen molar-refractivity contribution in [3.8, 4) is 0 Å². The summed E-state index contributed by atoms with van der Waals surface area (Å²) in [6.07, 6.45) is 4.24. The molecule has 0 fully saturated rings. The van der Waals surface area contributed by atoms with Crippen molar-refractivity contribution in [1.29, 1.82) is 0 Å². The Morgan fingerprint density at radius 1 is 1.50 bits per heavy atom. The second kappa shape index (κ2) is 1.53. The normalized spacial score (nSPS) is 8.75. The van der Waals surface area contributed by atoms with Gasteiger partial charge in [-0.2, -0.15) is 10.5 Å². The van der Waals surface area contributed by atoms with E-state index in [4.69, 9.17) is 0 Å². The van der Waals surface area contributed by atoms with Crippen molar-refractivity contribution < 1.29 is 0 Å². The lowest BCUT2D eigenvalue weighted by molar-refractivity contribution is 2.34. The molecule has 0 spiro atoms. The molecule has 0 unspecified atom stereocenters. The summed E-state index contributed by atoms with van der Waals surface area (Å²) in [7, 11) is 0.130. The van der Waals surface area contributed by atoms with E-state index < -0.39 is 0 Å². The fourth-order valence-corrected chi connectivity index (χ4v) is 0. The number of thiol groups is 1. The Kier molecular flexibility index (Phi) is 1.61. The first-order chi connectivity index (χ1) is 1.73. The first kappa shape index (κ1) is 4.22. The first-order valence-corrected chi connectivity index (χ1v) is 3.63. The quantitative estimate of drug-likeness (QED) is 0.217. The van der Waals surface area contributed by atoms with Gasteiger partial charge in [-0.05, 0) is 0 Å². The summed E-state index contributed by atoms with van der Waals surface area (Å²) in [6, 6.07) is 0. The van der Waals surface area contributed by atoms with E-state index in [0.29, 0.717) is 0 Å². The van der Waals surface area contributed by atoms with Crippen LogP contribution in [0.4, 0.5) is 0 Å². The number of hydrogen-bond acceptors (Lipinski definition) is 0. The van der Waals surface area contributed by atoms with Gasteiger partial charge in [0.1, 0.15) is 0 Å². The van der Waals surface area contributed by atoms with Gasteiger partial charge in [-0.25, -0.2) is 0 Å². The molecule has 0 N–H and O–H groups in total. The molecular formula is C3H9S+. The molecular weight excluding hydrogens is 68.1 g/mol. The van der Waals surface area contributed by atoms with Crippen LogP contribution in [0.5, 0.6) is 0 Å². The maximum atomic E-state index is 3.70. The second-order valence-corrected chi connectivity index (χ2v) is 3.24. The lowest BCUT2D eigenvalue weighted by Gasteiger charge is -1.63. The molecule has 26 valence electrons.